The Balaban J connectivity index is 1.85. The van der Waals surface area contributed by atoms with Gasteiger partial charge in [0.2, 0.25) is 21.6 Å². The highest BCUT2D eigenvalue weighted by Gasteiger charge is 2.30. The number of nitrogens with one attached hydrogen (secondary N) is 1. The van der Waals surface area contributed by atoms with E-state index in [9.17, 15) is 22.8 Å². The lowest BCUT2D eigenvalue weighted by molar-refractivity contribution is -0.113. The van der Waals surface area contributed by atoms with E-state index in [-0.39, 0.29) is 40.1 Å². The number of hydrogen-bond donors (Lipinski definition) is 1. The van der Waals surface area contributed by atoms with E-state index < -0.39 is 38.7 Å². The first-order chi connectivity index (χ1) is 18.0. The van der Waals surface area contributed by atoms with Crippen LogP contribution in [-0.2, 0) is 24.1 Å². The quantitative estimate of drug-likeness (QED) is 0.336. The van der Waals surface area contributed by atoms with Gasteiger partial charge in [0.1, 0.15) is 27.1 Å². The second-order valence-corrected chi connectivity index (χ2v) is 10.4. The Labute approximate surface area is 222 Å². The van der Waals surface area contributed by atoms with Crippen LogP contribution >= 0.6 is 11.3 Å². The van der Waals surface area contributed by atoms with Crippen LogP contribution in [-0.4, -0.2) is 69.6 Å². The zero-order chi connectivity index (χ0) is 28.0. The standard InChI is InChI=1S/C23H25N3O10S2/c1-6-34-21(28)17-12(3)18(22(29)35-7-2)37-20(17)24-16(27)11-38(30,31)23-26-25-19(36-23)13-8-14(32-4)10-15(9-13)33-5/h8-10H,6-7,11H2,1-5H3,(H,24,27). The second-order valence-electron chi connectivity index (χ2n) is 7.48. The first kappa shape index (κ1) is 28.6. The fourth-order valence-corrected chi connectivity index (χ4v) is 5.24. The highest BCUT2D eigenvalue weighted by atomic mass is 32.2. The number of nitrogens with zero attached hydrogens (tertiary/aromatic N) is 2. The first-order valence-electron chi connectivity index (χ1n) is 11.1. The molecule has 3 rings (SSSR count). The summed E-state index contributed by atoms with van der Waals surface area (Å²) in [7, 11) is -1.50. The summed E-state index contributed by atoms with van der Waals surface area (Å²) in [5.41, 5.74) is 0.497. The molecular formula is C23H25N3O10S2. The molecule has 0 bridgehead atoms. The molecule has 0 aliphatic rings. The molecule has 38 heavy (non-hydrogen) atoms. The maximum absolute atomic E-state index is 12.8. The molecule has 1 amide bonds. The maximum atomic E-state index is 12.8. The molecule has 0 saturated carbocycles. The molecule has 0 fully saturated rings. The van der Waals surface area contributed by atoms with Gasteiger partial charge in [-0.25, -0.2) is 18.0 Å². The molecule has 15 heteroatoms. The molecule has 2 aromatic heterocycles. The highest BCUT2D eigenvalue weighted by Crippen LogP contribution is 2.35. The maximum Gasteiger partial charge on any atom is 0.348 e. The molecule has 0 atom stereocenters. The number of aromatic nitrogens is 2. The van der Waals surface area contributed by atoms with Crippen LogP contribution in [0.5, 0.6) is 11.5 Å². The number of benzene rings is 1. The number of rotatable bonds is 11. The van der Waals surface area contributed by atoms with Gasteiger partial charge in [0.15, 0.2) is 0 Å². The summed E-state index contributed by atoms with van der Waals surface area (Å²) in [6.07, 6.45) is 0. The molecule has 1 aromatic carbocycles. The summed E-state index contributed by atoms with van der Waals surface area (Å²) in [6.45, 7) is 4.85. The Morgan fingerprint density at radius 1 is 0.974 bits per heavy atom. The van der Waals surface area contributed by atoms with Gasteiger partial charge in [-0.1, -0.05) is 5.10 Å². The van der Waals surface area contributed by atoms with Crippen molar-refractivity contribution >= 4 is 44.0 Å². The SMILES string of the molecule is CCOC(=O)c1sc(NC(=O)CS(=O)(=O)c2nnc(-c3cc(OC)cc(OC)c3)o2)c(C(=O)OCC)c1C. The van der Waals surface area contributed by atoms with Crippen LogP contribution in [0, 0.1) is 6.92 Å². The third kappa shape index (κ3) is 6.28. The molecule has 0 saturated heterocycles. The van der Waals surface area contributed by atoms with Gasteiger partial charge in [-0.3, -0.25) is 4.79 Å². The van der Waals surface area contributed by atoms with Crippen molar-refractivity contribution in [3.05, 3.63) is 34.2 Å². The minimum Gasteiger partial charge on any atom is -0.497 e. The lowest BCUT2D eigenvalue weighted by Crippen LogP contribution is -2.24. The molecule has 3 aromatic rings. The monoisotopic (exact) mass is 567 g/mol. The Morgan fingerprint density at radius 2 is 1.58 bits per heavy atom. The fourth-order valence-electron chi connectivity index (χ4n) is 3.22. The minimum absolute atomic E-state index is 0.0449. The van der Waals surface area contributed by atoms with Crippen LogP contribution in [0.2, 0.25) is 0 Å². The van der Waals surface area contributed by atoms with Crippen LogP contribution in [0.3, 0.4) is 0 Å². The normalized spacial score (nSPS) is 11.1. The predicted octanol–water partition coefficient (Wildman–Crippen LogP) is 2.89. The zero-order valence-electron chi connectivity index (χ0n) is 21.1. The molecule has 204 valence electrons. The van der Waals surface area contributed by atoms with E-state index in [0.717, 1.165) is 11.3 Å². The molecule has 0 radical (unpaired) electrons. The molecule has 1 N–H and O–H groups in total. The first-order valence-corrected chi connectivity index (χ1v) is 13.6. The summed E-state index contributed by atoms with van der Waals surface area (Å²) < 4.78 is 51.4. The van der Waals surface area contributed by atoms with Crippen molar-refractivity contribution < 1.29 is 46.2 Å². The second kappa shape index (κ2) is 12.0. The third-order valence-corrected chi connectivity index (χ3v) is 7.46. The molecule has 0 aliphatic heterocycles. The number of amides is 1. The van der Waals surface area contributed by atoms with Crippen molar-refractivity contribution in [1.29, 1.82) is 0 Å². The van der Waals surface area contributed by atoms with E-state index >= 15 is 0 Å². The van der Waals surface area contributed by atoms with Gasteiger partial charge in [-0.15, -0.1) is 16.4 Å². The third-order valence-electron chi connectivity index (χ3n) is 4.93. The average molecular weight is 568 g/mol. The molecule has 2 heterocycles. The van der Waals surface area contributed by atoms with Crippen LogP contribution in [0.4, 0.5) is 5.00 Å². The van der Waals surface area contributed by atoms with Crippen molar-refractivity contribution in [2.45, 2.75) is 26.0 Å². The smallest absolute Gasteiger partial charge is 0.348 e. The predicted molar refractivity (Wildman–Crippen MR) is 134 cm³/mol. The Hall–Kier alpha value is -3.98. The van der Waals surface area contributed by atoms with Crippen LogP contribution in [0.15, 0.2) is 27.8 Å². The van der Waals surface area contributed by atoms with E-state index in [4.69, 9.17) is 23.4 Å². The van der Waals surface area contributed by atoms with Crippen molar-refractivity contribution in [3.8, 4) is 23.0 Å². The number of hydrogen-bond acceptors (Lipinski definition) is 13. The number of sulfone groups is 1. The summed E-state index contributed by atoms with van der Waals surface area (Å²) >= 11 is 0.770. The summed E-state index contributed by atoms with van der Waals surface area (Å²) in [5.74, 6) is -2.89. The van der Waals surface area contributed by atoms with E-state index in [1.165, 1.54) is 33.3 Å². The van der Waals surface area contributed by atoms with E-state index in [1.807, 2.05) is 0 Å². The minimum atomic E-state index is -4.39. The van der Waals surface area contributed by atoms with E-state index in [2.05, 4.69) is 15.5 Å². The topological polar surface area (TPSA) is 173 Å². The highest BCUT2D eigenvalue weighted by molar-refractivity contribution is 7.91. The Kier molecular flexibility index (Phi) is 9.06. The Morgan fingerprint density at radius 3 is 2.16 bits per heavy atom. The number of ether oxygens (including phenoxy) is 4. The van der Waals surface area contributed by atoms with Gasteiger partial charge in [-0.2, -0.15) is 0 Å². The fraction of sp³-hybridized carbons (Fsp3) is 0.348. The van der Waals surface area contributed by atoms with Gasteiger partial charge >= 0.3 is 17.2 Å². The number of methoxy groups -OCH3 is 2. The van der Waals surface area contributed by atoms with Gasteiger partial charge in [0.05, 0.1) is 33.0 Å². The van der Waals surface area contributed by atoms with E-state index in [0.29, 0.717) is 17.1 Å². The molecule has 0 spiro atoms. The molecule has 13 nitrogen and oxygen atoms in total. The lowest BCUT2D eigenvalue weighted by atomic mass is 10.1. The summed E-state index contributed by atoms with van der Waals surface area (Å²) in [5, 5.41) is 8.85. The van der Waals surface area contributed by atoms with Crippen LogP contribution in [0.1, 0.15) is 39.4 Å². The number of anilines is 1. The lowest BCUT2D eigenvalue weighted by Gasteiger charge is -2.07. The number of thiophene rings is 1. The summed E-state index contributed by atoms with van der Waals surface area (Å²) in [6, 6.07) is 4.68. The number of carbonyl (C=O) groups excluding carboxylic acids is 3. The number of carbonyl (C=O) groups is 3. The molecular weight excluding hydrogens is 542 g/mol. The van der Waals surface area contributed by atoms with Crippen LogP contribution < -0.4 is 14.8 Å². The average Bonchev–Trinajstić information content (AvgIpc) is 3.49. The molecule has 0 unspecified atom stereocenters. The van der Waals surface area contributed by atoms with E-state index in [1.54, 1.807) is 19.9 Å². The van der Waals surface area contributed by atoms with Gasteiger partial charge in [-0.05, 0) is 38.5 Å². The van der Waals surface area contributed by atoms with Gasteiger partial charge in [0.25, 0.3) is 0 Å². The van der Waals surface area contributed by atoms with Gasteiger partial charge < -0.3 is 28.7 Å². The van der Waals surface area contributed by atoms with Crippen LogP contribution in [0.25, 0.3) is 11.5 Å². The van der Waals surface area contributed by atoms with Crippen molar-refractivity contribution in [3.63, 3.8) is 0 Å². The largest absolute Gasteiger partial charge is 0.497 e. The van der Waals surface area contributed by atoms with Gasteiger partial charge in [0, 0.05) is 11.6 Å². The van der Waals surface area contributed by atoms with Crippen molar-refractivity contribution in [2.24, 2.45) is 0 Å². The summed E-state index contributed by atoms with van der Waals surface area (Å²) in [4.78, 5) is 37.6. The zero-order valence-corrected chi connectivity index (χ0v) is 22.8. The van der Waals surface area contributed by atoms with Crippen molar-refractivity contribution in [1.82, 2.24) is 10.2 Å². The molecule has 0 aliphatic carbocycles. The Bertz CT molecular complexity index is 1440. The number of esters is 2. The van der Waals surface area contributed by atoms with Crippen molar-refractivity contribution in [2.75, 3.05) is 38.5 Å².